The molecule has 0 radical (unpaired) electrons. The minimum Gasteiger partial charge on any atom is -0.480 e. The van der Waals surface area contributed by atoms with Crippen molar-refractivity contribution in [1.29, 1.82) is 0 Å². The first kappa shape index (κ1) is 10.7. The minimum absolute atomic E-state index is 0.503. The smallest absolute Gasteiger partial charge is 0.320 e. The van der Waals surface area contributed by atoms with Crippen molar-refractivity contribution in [2.45, 2.75) is 26.4 Å². The first-order valence-electron chi connectivity index (χ1n) is 4.61. The Hall–Kier alpha value is -1.35. The number of benzene rings is 1. The van der Waals surface area contributed by atoms with Gasteiger partial charge in [0.1, 0.15) is 6.04 Å². The van der Waals surface area contributed by atoms with Crippen LogP contribution in [-0.2, 0) is 11.3 Å². The molecular weight excluding hydrogens is 178 g/mol. The molecule has 0 saturated carbocycles. The SMILES string of the molecule is Cc1ccc(CNC(C)C(=O)O)cc1. The van der Waals surface area contributed by atoms with E-state index >= 15 is 0 Å². The predicted molar refractivity (Wildman–Crippen MR) is 55.1 cm³/mol. The fraction of sp³-hybridized carbons (Fsp3) is 0.364. The fourth-order valence-corrected chi connectivity index (χ4v) is 1.06. The minimum atomic E-state index is -0.822. The van der Waals surface area contributed by atoms with Crippen molar-refractivity contribution in [3.8, 4) is 0 Å². The third kappa shape index (κ3) is 3.18. The highest BCUT2D eigenvalue weighted by Gasteiger charge is 2.08. The van der Waals surface area contributed by atoms with Crippen molar-refractivity contribution in [1.82, 2.24) is 5.32 Å². The molecule has 1 aromatic carbocycles. The Morgan fingerprint density at radius 2 is 2.00 bits per heavy atom. The summed E-state index contributed by atoms with van der Waals surface area (Å²) in [5.41, 5.74) is 2.31. The van der Waals surface area contributed by atoms with Crippen LogP contribution in [0.5, 0.6) is 0 Å². The second kappa shape index (κ2) is 4.77. The summed E-state index contributed by atoms with van der Waals surface area (Å²) in [6, 6.07) is 7.52. The first-order chi connectivity index (χ1) is 6.59. The molecule has 0 saturated heterocycles. The molecule has 0 bridgehead atoms. The molecule has 1 rings (SSSR count). The average molecular weight is 193 g/mol. The van der Waals surface area contributed by atoms with Gasteiger partial charge in [-0.05, 0) is 19.4 Å². The van der Waals surface area contributed by atoms with Crippen molar-refractivity contribution < 1.29 is 9.90 Å². The van der Waals surface area contributed by atoms with Crippen LogP contribution in [0.4, 0.5) is 0 Å². The number of hydrogen-bond donors (Lipinski definition) is 2. The Kier molecular flexibility index (Phi) is 3.65. The molecule has 0 spiro atoms. The van der Waals surface area contributed by atoms with Gasteiger partial charge in [-0.1, -0.05) is 29.8 Å². The maximum absolute atomic E-state index is 10.5. The number of carboxylic acid groups (broad SMARTS) is 1. The highest BCUT2D eigenvalue weighted by atomic mass is 16.4. The van der Waals surface area contributed by atoms with Gasteiger partial charge < -0.3 is 10.4 Å². The van der Waals surface area contributed by atoms with E-state index in [9.17, 15) is 4.79 Å². The van der Waals surface area contributed by atoms with Crippen LogP contribution < -0.4 is 5.32 Å². The van der Waals surface area contributed by atoms with E-state index < -0.39 is 12.0 Å². The summed E-state index contributed by atoms with van der Waals surface area (Å²) in [5, 5.41) is 11.6. The molecule has 2 N–H and O–H groups in total. The number of carboxylic acids is 1. The van der Waals surface area contributed by atoms with E-state index in [1.54, 1.807) is 6.92 Å². The van der Waals surface area contributed by atoms with Crippen molar-refractivity contribution in [3.05, 3.63) is 35.4 Å². The van der Waals surface area contributed by atoms with E-state index in [4.69, 9.17) is 5.11 Å². The first-order valence-corrected chi connectivity index (χ1v) is 4.61. The number of nitrogens with one attached hydrogen (secondary N) is 1. The van der Waals surface area contributed by atoms with Gasteiger partial charge in [-0.2, -0.15) is 0 Å². The van der Waals surface area contributed by atoms with Gasteiger partial charge in [-0.25, -0.2) is 0 Å². The van der Waals surface area contributed by atoms with Crippen LogP contribution in [0.15, 0.2) is 24.3 Å². The van der Waals surface area contributed by atoms with Crippen LogP contribution in [0.25, 0.3) is 0 Å². The Balaban J connectivity index is 2.46. The molecule has 0 heterocycles. The fourth-order valence-electron chi connectivity index (χ4n) is 1.06. The van der Waals surface area contributed by atoms with Crippen LogP contribution >= 0.6 is 0 Å². The van der Waals surface area contributed by atoms with Crippen LogP contribution in [0.3, 0.4) is 0 Å². The molecule has 3 nitrogen and oxygen atoms in total. The molecule has 1 atom stereocenters. The summed E-state index contributed by atoms with van der Waals surface area (Å²) in [6.07, 6.45) is 0. The van der Waals surface area contributed by atoms with Crippen molar-refractivity contribution in [3.63, 3.8) is 0 Å². The normalized spacial score (nSPS) is 12.4. The van der Waals surface area contributed by atoms with Gasteiger partial charge in [0.2, 0.25) is 0 Å². The van der Waals surface area contributed by atoms with E-state index in [0.29, 0.717) is 6.54 Å². The number of hydrogen-bond acceptors (Lipinski definition) is 2. The van der Waals surface area contributed by atoms with Gasteiger partial charge >= 0.3 is 5.97 Å². The second-order valence-electron chi connectivity index (χ2n) is 3.43. The van der Waals surface area contributed by atoms with Crippen LogP contribution in [0, 0.1) is 6.92 Å². The average Bonchev–Trinajstić information content (AvgIpc) is 2.16. The molecule has 76 valence electrons. The topological polar surface area (TPSA) is 49.3 Å². The van der Waals surface area contributed by atoms with Crippen molar-refractivity contribution >= 4 is 5.97 Å². The quantitative estimate of drug-likeness (QED) is 0.763. The van der Waals surface area contributed by atoms with Gasteiger partial charge in [-0.15, -0.1) is 0 Å². The van der Waals surface area contributed by atoms with Crippen LogP contribution in [-0.4, -0.2) is 17.1 Å². The summed E-state index contributed by atoms with van der Waals surface area (Å²) < 4.78 is 0. The molecule has 1 aromatic rings. The Morgan fingerprint density at radius 3 is 2.50 bits per heavy atom. The molecule has 0 fully saturated rings. The van der Waals surface area contributed by atoms with E-state index in [-0.39, 0.29) is 0 Å². The molecule has 1 unspecified atom stereocenters. The van der Waals surface area contributed by atoms with E-state index in [2.05, 4.69) is 5.32 Å². The van der Waals surface area contributed by atoms with Gasteiger partial charge in [0.05, 0.1) is 0 Å². The maximum Gasteiger partial charge on any atom is 0.320 e. The molecule has 0 aliphatic carbocycles. The number of carbonyl (C=O) groups is 1. The summed E-state index contributed by atoms with van der Waals surface area (Å²) in [6.45, 7) is 4.25. The summed E-state index contributed by atoms with van der Waals surface area (Å²) >= 11 is 0. The molecule has 0 amide bonds. The summed E-state index contributed by atoms with van der Waals surface area (Å²) in [5.74, 6) is -0.822. The molecule has 14 heavy (non-hydrogen) atoms. The van der Waals surface area contributed by atoms with Crippen molar-refractivity contribution in [2.75, 3.05) is 0 Å². The Morgan fingerprint density at radius 1 is 1.43 bits per heavy atom. The predicted octanol–water partition coefficient (Wildman–Crippen LogP) is 1.56. The third-order valence-electron chi connectivity index (χ3n) is 2.10. The molecule has 0 aliphatic rings. The van der Waals surface area contributed by atoms with Gasteiger partial charge in [-0.3, -0.25) is 4.79 Å². The molecule has 3 heteroatoms. The summed E-state index contributed by atoms with van der Waals surface area (Å²) in [7, 11) is 0. The lowest BCUT2D eigenvalue weighted by Crippen LogP contribution is -2.33. The van der Waals surface area contributed by atoms with Gasteiger partial charge in [0.25, 0.3) is 0 Å². The monoisotopic (exact) mass is 193 g/mol. The lowest BCUT2D eigenvalue weighted by Gasteiger charge is -2.08. The summed E-state index contributed by atoms with van der Waals surface area (Å²) in [4.78, 5) is 10.5. The van der Waals surface area contributed by atoms with E-state index in [1.807, 2.05) is 31.2 Å². The van der Waals surface area contributed by atoms with Gasteiger partial charge in [0, 0.05) is 6.54 Å². The highest BCUT2D eigenvalue weighted by molar-refractivity contribution is 5.72. The maximum atomic E-state index is 10.5. The zero-order valence-corrected chi connectivity index (χ0v) is 8.45. The standard InChI is InChI=1S/C11H15NO2/c1-8-3-5-10(6-4-8)7-12-9(2)11(13)14/h3-6,9,12H,7H2,1-2H3,(H,13,14). The molecule has 0 aliphatic heterocycles. The van der Waals surface area contributed by atoms with E-state index in [1.165, 1.54) is 5.56 Å². The number of aliphatic carboxylic acids is 1. The Bertz CT molecular complexity index is 306. The highest BCUT2D eigenvalue weighted by Crippen LogP contribution is 2.02. The lowest BCUT2D eigenvalue weighted by atomic mass is 10.1. The Labute approximate surface area is 83.8 Å². The number of aryl methyl sites for hydroxylation is 1. The number of rotatable bonds is 4. The zero-order valence-electron chi connectivity index (χ0n) is 8.45. The zero-order chi connectivity index (χ0) is 10.6. The largest absolute Gasteiger partial charge is 0.480 e. The third-order valence-corrected chi connectivity index (χ3v) is 2.10. The molecular formula is C11H15NO2. The van der Waals surface area contributed by atoms with Crippen LogP contribution in [0.2, 0.25) is 0 Å². The van der Waals surface area contributed by atoms with Crippen LogP contribution in [0.1, 0.15) is 18.1 Å². The van der Waals surface area contributed by atoms with Gasteiger partial charge in [0.15, 0.2) is 0 Å². The van der Waals surface area contributed by atoms with Crippen molar-refractivity contribution in [2.24, 2.45) is 0 Å². The lowest BCUT2D eigenvalue weighted by molar-refractivity contribution is -0.139. The molecule has 0 aromatic heterocycles. The second-order valence-corrected chi connectivity index (χ2v) is 3.43. The van der Waals surface area contributed by atoms with E-state index in [0.717, 1.165) is 5.56 Å².